The number of aliphatic hydroxyl groups is 1. The van der Waals surface area contributed by atoms with E-state index in [9.17, 15) is 4.79 Å². The topological polar surface area (TPSA) is 46.5 Å². The zero-order valence-corrected chi connectivity index (χ0v) is 6.80. The summed E-state index contributed by atoms with van der Waals surface area (Å²) in [7, 11) is 0. The second kappa shape index (κ2) is 5.56. The molecule has 0 aliphatic rings. The standard InChI is InChI=1S/C6H12O3S/c1-2-3-4-9-5(7)6(8)10/h6,8,10H,2-4H2,1H3. The van der Waals surface area contributed by atoms with Crippen LogP contribution in [-0.4, -0.2) is 23.1 Å². The van der Waals surface area contributed by atoms with Crippen molar-refractivity contribution in [1.82, 2.24) is 0 Å². The minimum atomic E-state index is -1.29. The molecular formula is C6H12O3S. The lowest BCUT2D eigenvalue weighted by atomic mass is 10.4. The predicted molar refractivity (Wildman–Crippen MR) is 40.9 cm³/mol. The minimum Gasteiger partial charge on any atom is -0.463 e. The summed E-state index contributed by atoms with van der Waals surface area (Å²) in [4.78, 5) is 10.5. The summed E-state index contributed by atoms with van der Waals surface area (Å²) in [6, 6.07) is 0. The quantitative estimate of drug-likeness (QED) is 0.276. The van der Waals surface area contributed by atoms with Crippen molar-refractivity contribution in [2.45, 2.75) is 25.2 Å². The highest BCUT2D eigenvalue weighted by Gasteiger charge is 2.09. The van der Waals surface area contributed by atoms with Gasteiger partial charge in [-0.05, 0) is 6.42 Å². The lowest BCUT2D eigenvalue weighted by Crippen LogP contribution is -2.17. The van der Waals surface area contributed by atoms with Gasteiger partial charge in [0.15, 0.2) is 5.44 Å². The average Bonchev–Trinajstić information content (AvgIpc) is 1.88. The third-order valence-corrected chi connectivity index (χ3v) is 1.16. The van der Waals surface area contributed by atoms with Crippen molar-refractivity contribution >= 4 is 18.6 Å². The lowest BCUT2D eigenvalue weighted by Gasteiger charge is -2.03. The molecule has 0 rings (SSSR count). The molecule has 1 N–H and O–H groups in total. The highest BCUT2D eigenvalue weighted by molar-refractivity contribution is 7.81. The molecule has 1 unspecified atom stereocenters. The van der Waals surface area contributed by atoms with Crippen molar-refractivity contribution in [1.29, 1.82) is 0 Å². The number of unbranched alkanes of at least 4 members (excludes halogenated alkanes) is 1. The average molecular weight is 164 g/mol. The van der Waals surface area contributed by atoms with Crippen LogP contribution in [0.25, 0.3) is 0 Å². The van der Waals surface area contributed by atoms with E-state index in [1.54, 1.807) is 0 Å². The molecule has 0 spiro atoms. The van der Waals surface area contributed by atoms with Gasteiger partial charge in [0.05, 0.1) is 6.61 Å². The maximum absolute atomic E-state index is 10.5. The van der Waals surface area contributed by atoms with Gasteiger partial charge >= 0.3 is 5.97 Å². The Morgan fingerprint density at radius 3 is 2.80 bits per heavy atom. The predicted octanol–water partition coefficient (Wildman–Crippen LogP) is 0.578. The Hall–Kier alpha value is -0.220. The molecule has 10 heavy (non-hydrogen) atoms. The second-order valence-electron chi connectivity index (χ2n) is 1.89. The Kier molecular flexibility index (Phi) is 5.43. The van der Waals surface area contributed by atoms with Crippen LogP contribution < -0.4 is 0 Å². The molecule has 1 atom stereocenters. The first-order valence-electron chi connectivity index (χ1n) is 3.21. The monoisotopic (exact) mass is 164 g/mol. The van der Waals surface area contributed by atoms with Crippen molar-refractivity contribution in [2.24, 2.45) is 0 Å². The first kappa shape index (κ1) is 9.78. The first-order chi connectivity index (χ1) is 4.68. The number of esters is 1. The fourth-order valence-corrected chi connectivity index (χ4v) is 0.466. The molecule has 0 aromatic heterocycles. The van der Waals surface area contributed by atoms with Gasteiger partial charge in [0.2, 0.25) is 0 Å². The highest BCUT2D eigenvalue weighted by atomic mass is 32.1. The SMILES string of the molecule is CCCCOC(=O)C(O)S. The molecule has 0 fully saturated rings. The van der Waals surface area contributed by atoms with Crippen LogP contribution in [0.15, 0.2) is 0 Å². The number of rotatable bonds is 4. The number of hydrogen-bond acceptors (Lipinski definition) is 4. The fourth-order valence-electron chi connectivity index (χ4n) is 0.392. The van der Waals surface area contributed by atoms with Crippen LogP contribution in [0.4, 0.5) is 0 Å². The number of aliphatic hydroxyl groups excluding tert-OH is 1. The van der Waals surface area contributed by atoms with E-state index in [4.69, 9.17) is 5.11 Å². The zero-order valence-electron chi connectivity index (χ0n) is 5.91. The molecular weight excluding hydrogens is 152 g/mol. The Morgan fingerprint density at radius 2 is 2.40 bits per heavy atom. The van der Waals surface area contributed by atoms with Crippen molar-refractivity contribution in [2.75, 3.05) is 6.61 Å². The van der Waals surface area contributed by atoms with E-state index in [1.165, 1.54) is 0 Å². The first-order valence-corrected chi connectivity index (χ1v) is 3.73. The van der Waals surface area contributed by atoms with Gasteiger partial charge in [-0.1, -0.05) is 13.3 Å². The molecule has 0 saturated carbocycles. The van der Waals surface area contributed by atoms with Gasteiger partial charge in [-0.2, -0.15) is 0 Å². The molecule has 4 heteroatoms. The van der Waals surface area contributed by atoms with E-state index in [1.807, 2.05) is 6.92 Å². The van der Waals surface area contributed by atoms with Crippen molar-refractivity contribution in [3.8, 4) is 0 Å². The van der Waals surface area contributed by atoms with Gasteiger partial charge in [-0.15, -0.1) is 12.6 Å². The minimum absolute atomic E-state index is 0.368. The zero-order chi connectivity index (χ0) is 7.98. The Bertz CT molecular complexity index is 103. The Balaban J connectivity index is 3.22. The van der Waals surface area contributed by atoms with Crippen molar-refractivity contribution in [3.63, 3.8) is 0 Å². The van der Waals surface area contributed by atoms with Gasteiger partial charge < -0.3 is 9.84 Å². The lowest BCUT2D eigenvalue weighted by molar-refractivity contribution is -0.148. The molecule has 0 radical (unpaired) electrons. The largest absolute Gasteiger partial charge is 0.463 e. The van der Waals surface area contributed by atoms with Gasteiger partial charge in [-0.3, -0.25) is 0 Å². The van der Waals surface area contributed by atoms with Crippen LogP contribution in [0.1, 0.15) is 19.8 Å². The third kappa shape index (κ3) is 4.64. The van der Waals surface area contributed by atoms with Gasteiger partial charge in [0, 0.05) is 0 Å². The number of ether oxygens (including phenoxy) is 1. The van der Waals surface area contributed by atoms with Gasteiger partial charge in [-0.25, -0.2) is 4.79 Å². The van der Waals surface area contributed by atoms with Gasteiger partial charge in [0.25, 0.3) is 0 Å². The fraction of sp³-hybridized carbons (Fsp3) is 0.833. The Labute approximate surface area is 65.8 Å². The molecule has 0 bridgehead atoms. The van der Waals surface area contributed by atoms with E-state index in [0.717, 1.165) is 12.8 Å². The van der Waals surface area contributed by atoms with Crippen LogP contribution in [0, 0.1) is 0 Å². The summed E-state index contributed by atoms with van der Waals surface area (Å²) in [5, 5.41) is 8.51. The van der Waals surface area contributed by atoms with Crippen LogP contribution in [0.5, 0.6) is 0 Å². The summed E-state index contributed by atoms with van der Waals surface area (Å²) in [6.07, 6.45) is 1.79. The molecule has 0 saturated heterocycles. The third-order valence-electron chi connectivity index (χ3n) is 0.953. The molecule has 0 amide bonds. The number of thiol groups is 1. The molecule has 0 aromatic carbocycles. The van der Waals surface area contributed by atoms with E-state index in [-0.39, 0.29) is 0 Å². The summed E-state index contributed by atoms with van der Waals surface area (Å²) in [5.74, 6) is -0.670. The maximum atomic E-state index is 10.5. The van der Waals surface area contributed by atoms with E-state index >= 15 is 0 Å². The summed E-state index contributed by atoms with van der Waals surface area (Å²) >= 11 is 3.48. The highest BCUT2D eigenvalue weighted by Crippen LogP contribution is 1.94. The van der Waals surface area contributed by atoms with Crippen LogP contribution in [0.2, 0.25) is 0 Å². The van der Waals surface area contributed by atoms with Crippen molar-refractivity contribution < 1.29 is 14.6 Å². The molecule has 0 aliphatic heterocycles. The summed E-state index contributed by atoms with van der Waals surface area (Å²) in [5.41, 5.74) is -1.29. The number of carbonyl (C=O) groups is 1. The van der Waals surface area contributed by atoms with Crippen molar-refractivity contribution in [3.05, 3.63) is 0 Å². The van der Waals surface area contributed by atoms with Crippen LogP contribution in [0.3, 0.4) is 0 Å². The molecule has 60 valence electrons. The number of hydrogen-bond donors (Lipinski definition) is 2. The second-order valence-corrected chi connectivity index (χ2v) is 2.38. The van der Waals surface area contributed by atoms with E-state index < -0.39 is 11.4 Å². The van der Waals surface area contributed by atoms with Crippen LogP contribution >= 0.6 is 12.6 Å². The molecule has 0 aliphatic carbocycles. The maximum Gasteiger partial charge on any atom is 0.345 e. The van der Waals surface area contributed by atoms with Crippen LogP contribution in [-0.2, 0) is 9.53 Å². The molecule has 0 heterocycles. The van der Waals surface area contributed by atoms with Gasteiger partial charge in [0.1, 0.15) is 0 Å². The Morgan fingerprint density at radius 1 is 1.80 bits per heavy atom. The molecule has 3 nitrogen and oxygen atoms in total. The summed E-state index contributed by atoms with van der Waals surface area (Å²) < 4.78 is 4.58. The normalized spacial score (nSPS) is 12.7. The van der Waals surface area contributed by atoms with E-state index in [0.29, 0.717) is 6.61 Å². The summed E-state index contributed by atoms with van der Waals surface area (Å²) in [6.45, 7) is 2.36. The molecule has 0 aromatic rings. The van der Waals surface area contributed by atoms with E-state index in [2.05, 4.69) is 17.4 Å². The number of carbonyl (C=O) groups excluding carboxylic acids is 1. The smallest absolute Gasteiger partial charge is 0.345 e.